The first-order valence-electron chi connectivity index (χ1n) is 11.9. The van der Waals surface area contributed by atoms with Crippen molar-refractivity contribution in [3.63, 3.8) is 0 Å². The van der Waals surface area contributed by atoms with Gasteiger partial charge in [-0.2, -0.15) is 0 Å². The van der Waals surface area contributed by atoms with E-state index in [1.807, 2.05) is 13.8 Å². The van der Waals surface area contributed by atoms with Gasteiger partial charge in [-0.25, -0.2) is 13.2 Å². The number of anilines is 1. The molecule has 0 aliphatic carbocycles. The van der Waals surface area contributed by atoms with Gasteiger partial charge in [-0.3, -0.25) is 9.59 Å². The molecule has 1 fully saturated rings. The van der Waals surface area contributed by atoms with Crippen molar-refractivity contribution in [2.24, 2.45) is 0 Å². The third-order valence-corrected chi connectivity index (χ3v) is 6.94. The highest BCUT2D eigenvalue weighted by atomic mass is 35.5. The Balaban J connectivity index is 1.82. The predicted molar refractivity (Wildman–Crippen MR) is 143 cm³/mol. The molecule has 12 heteroatoms. The van der Waals surface area contributed by atoms with Gasteiger partial charge in [-0.1, -0.05) is 29.3 Å². The number of carbonyl (C=O) groups excluding carboxylic acids is 1. The molecule has 1 aliphatic rings. The number of rotatable bonds is 7. The number of carbonyl (C=O) groups is 1. The second-order valence-electron chi connectivity index (χ2n) is 9.34. The Hall–Kier alpha value is -2.95. The van der Waals surface area contributed by atoms with E-state index in [0.29, 0.717) is 28.7 Å². The molecule has 1 saturated heterocycles. The van der Waals surface area contributed by atoms with E-state index in [0.717, 1.165) is 16.8 Å². The Kier molecular flexibility index (Phi) is 8.44. The van der Waals surface area contributed by atoms with E-state index in [2.05, 4.69) is 10.6 Å². The van der Waals surface area contributed by atoms with E-state index in [-0.39, 0.29) is 41.0 Å². The topological polar surface area (TPSA) is 75.6 Å². The lowest BCUT2D eigenvalue weighted by Crippen LogP contribution is -2.54. The van der Waals surface area contributed by atoms with Crippen molar-refractivity contribution in [3.05, 3.63) is 67.7 Å². The highest BCUT2D eigenvalue weighted by Gasteiger charge is 2.30. The van der Waals surface area contributed by atoms with Crippen LogP contribution in [-0.2, 0) is 13.1 Å². The predicted octanol–water partition coefficient (Wildman–Crippen LogP) is 4.84. The molecule has 0 saturated carbocycles. The van der Waals surface area contributed by atoms with Gasteiger partial charge in [0.1, 0.15) is 11.3 Å². The number of aromatic nitrogens is 1. The number of nitrogens with zero attached hydrogens (tertiary/aromatic N) is 2. The van der Waals surface area contributed by atoms with E-state index in [1.54, 1.807) is 17.0 Å². The summed E-state index contributed by atoms with van der Waals surface area (Å²) in [4.78, 5) is 28.2. The number of benzene rings is 2. The molecule has 0 unspecified atom stereocenters. The summed E-state index contributed by atoms with van der Waals surface area (Å²) >= 11 is 12.0. The maximum atomic E-state index is 15.6. The molecule has 3 aromatic rings. The summed E-state index contributed by atoms with van der Waals surface area (Å²) < 4.78 is 49.5. The fourth-order valence-corrected chi connectivity index (χ4v) is 5.35. The number of fused-ring (bicyclic) bond motifs is 1. The Morgan fingerprint density at radius 3 is 2.50 bits per heavy atom. The number of pyridine rings is 1. The third-order valence-electron chi connectivity index (χ3n) is 6.36. The molecule has 0 spiro atoms. The molecule has 2 aromatic carbocycles. The number of alkyl halides is 2. The van der Waals surface area contributed by atoms with Gasteiger partial charge in [0.25, 0.3) is 12.3 Å². The van der Waals surface area contributed by atoms with Crippen molar-refractivity contribution in [2.75, 3.05) is 25.1 Å². The lowest BCUT2D eigenvalue weighted by molar-refractivity contribution is 0.0947. The number of amides is 1. The van der Waals surface area contributed by atoms with Crippen LogP contribution in [-0.4, -0.2) is 49.2 Å². The van der Waals surface area contributed by atoms with E-state index in [1.165, 1.54) is 13.2 Å². The van der Waals surface area contributed by atoms with Gasteiger partial charge in [0.2, 0.25) is 5.43 Å². The molecule has 4 rings (SSSR count). The number of hydrogen-bond donors (Lipinski definition) is 2. The molecule has 0 bridgehead atoms. The first-order valence-corrected chi connectivity index (χ1v) is 12.7. The van der Waals surface area contributed by atoms with Crippen LogP contribution in [0.25, 0.3) is 10.9 Å². The van der Waals surface area contributed by atoms with E-state index in [4.69, 9.17) is 27.9 Å². The van der Waals surface area contributed by atoms with Gasteiger partial charge in [-0.15, -0.1) is 0 Å². The highest BCUT2D eigenvalue weighted by molar-refractivity contribution is 6.35. The summed E-state index contributed by atoms with van der Waals surface area (Å²) in [6.07, 6.45) is -1.76. The van der Waals surface area contributed by atoms with Crippen molar-refractivity contribution in [1.29, 1.82) is 0 Å². The van der Waals surface area contributed by atoms with Crippen LogP contribution in [0, 0.1) is 5.82 Å². The maximum absolute atomic E-state index is 15.6. The van der Waals surface area contributed by atoms with Crippen LogP contribution in [0.15, 0.2) is 35.3 Å². The van der Waals surface area contributed by atoms with Crippen molar-refractivity contribution in [2.45, 2.75) is 45.4 Å². The van der Waals surface area contributed by atoms with Gasteiger partial charge in [0.15, 0.2) is 11.6 Å². The minimum atomic E-state index is -2.82. The molecule has 2 N–H and O–H groups in total. The Morgan fingerprint density at radius 1 is 1.21 bits per heavy atom. The van der Waals surface area contributed by atoms with Crippen LogP contribution in [0.2, 0.25) is 10.0 Å². The lowest BCUT2D eigenvalue weighted by atomic mass is 10.1. The van der Waals surface area contributed by atoms with E-state index >= 15 is 4.39 Å². The molecule has 1 amide bonds. The number of piperazine rings is 1. The summed E-state index contributed by atoms with van der Waals surface area (Å²) in [5.41, 5.74) is -0.615. The number of nitrogens with one attached hydrogen (secondary N) is 2. The highest BCUT2D eigenvalue weighted by Crippen LogP contribution is 2.39. The summed E-state index contributed by atoms with van der Waals surface area (Å²) in [6.45, 7) is 3.89. The quantitative estimate of drug-likeness (QED) is 0.425. The minimum absolute atomic E-state index is 0.00895. The zero-order valence-corrected chi connectivity index (χ0v) is 22.5. The Labute approximate surface area is 227 Å². The fourth-order valence-electron chi connectivity index (χ4n) is 4.88. The standard InChI is InChI=1S/C26H27Cl2F3N4O3/c1-13-9-34(10-14(2)33-13)23-20(29)7-17-22(25(23)38-3)35(12-21(30)31)11-18(24(17)36)26(37)32-8-15-4-5-16(27)6-19(15)28/h4-7,11,13-14,21,33H,8-10,12H2,1-3H3,(H,32,37)/t13-,14+. The monoisotopic (exact) mass is 570 g/mol. The van der Waals surface area contributed by atoms with Crippen molar-refractivity contribution < 1.29 is 22.7 Å². The lowest BCUT2D eigenvalue weighted by Gasteiger charge is -2.38. The summed E-state index contributed by atoms with van der Waals surface area (Å²) in [5.74, 6) is -1.61. The zero-order valence-electron chi connectivity index (χ0n) is 21.0. The van der Waals surface area contributed by atoms with Crippen LogP contribution in [0.3, 0.4) is 0 Å². The molecule has 2 atom stereocenters. The summed E-state index contributed by atoms with van der Waals surface area (Å²) in [6, 6.07) is 5.75. The number of methoxy groups -OCH3 is 1. The average molecular weight is 571 g/mol. The number of hydrogen-bond acceptors (Lipinski definition) is 5. The number of halogens is 5. The first kappa shape index (κ1) is 28.1. The smallest absolute Gasteiger partial charge is 0.257 e. The van der Waals surface area contributed by atoms with E-state index < -0.39 is 35.7 Å². The van der Waals surface area contributed by atoms with Gasteiger partial charge < -0.3 is 24.8 Å². The van der Waals surface area contributed by atoms with Gasteiger partial charge in [-0.05, 0) is 37.6 Å². The second kappa shape index (κ2) is 11.4. The molecule has 1 aliphatic heterocycles. The van der Waals surface area contributed by atoms with Gasteiger partial charge in [0, 0.05) is 48.0 Å². The molecular weight excluding hydrogens is 544 g/mol. The van der Waals surface area contributed by atoms with Gasteiger partial charge in [0.05, 0.1) is 24.6 Å². The van der Waals surface area contributed by atoms with Crippen LogP contribution < -0.4 is 25.7 Å². The zero-order chi connectivity index (χ0) is 27.7. The van der Waals surface area contributed by atoms with Crippen molar-refractivity contribution in [1.82, 2.24) is 15.2 Å². The van der Waals surface area contributed by atoms with Crippen LogP contribution in [0.4, 0.5) is 18.9 Å². The van der Waals surface area contributed by atoms with Crippen molar-refractivity contribution in [3.8, 4) is 5.75 Å². The molecule has 0 radical (unpaired) electrons. The van der Waals surface area contributed by atoms with Crippen LogP contribution >= 0.6 is 23.2 Å². The normalized spacial score (nSPS) is 17.8. The minimum Gasteiger partial charge on any atom is -0.492 e. The second-order valence-corrected chi connectivity index (χ2v) is 10.2. The largest absolute Gasteiger partial charge is 0.492 e. The molecular formula is C26H27Cl2F3N4O3. The summed E-state index contributed by atoms with van der Waals surface area (Å²) in [7, 11) is 1.29. The molecule has 38 heavy (non-hydrogen) atoms. The Morgan fingerprint density at radius 2 is 1.89 bits per heavy atom. The van der Waals surface area contributed by atoms with Crippen LogP contribution in [0.5, 0.6) is 5.75 Å². The Bertz CT molecular complexity index is 1420. The summed E-state index contributed by atoms with van der Waals surface area (Å²) in [5, 5.41) is 6.40. The maximum Gasteiger partial charge on any atom is 0.257 e. The van der Waals surface area contributed by atoms with E-state index in [9.17, 15) is 18.4 Å². The molecule has 7 nitrogen and oxygen atoms in total. The number of ether oxygens (including phenoxy) is 1. The molecule has 1 aromatic heterocycles. The molecule has 204 valence electrons. The average Bonchev–Trinajstić information content (AvgIpc) is 2.83. The first-order chi connectivity index (χ1) is 18.0. The fraction of sp³-hybridized carbons (Fsp3) is 0.385. The van der Waals surface area contributed by atoms with Crippen molar-refractivity contribution >= 4 is 45.7 Å². The SMILES string of the molecule is COc1c(N2C[C@@H](C)N[C@@H](C)C2)c(F)cc2c(=O)c(C(=O)NCc3ccc(Cl)cc3Cl)cn(CC(F)F)c12. The third kappa shape index (κ3) is 5.72. The van der Waals surface area contributed by atoms with Gasteiger partial charge >= 0.3 is 0 Å². The molecule has 2 heterocycles. The van der Waals surface area contributed by atoms with Crippen LogP contribution in [0.1, 0.15) is 29.8 Å².